The molecule has 0 bridgehead atoms. The minimum absolute atomic E-state index is 0.0191. The Hall–Kier alpha value is -4.56. The normalized spacial score (nSPS) is 16.7. The molecule has 1 amide bonds. The smallest absolute Gasteiger partial charge is 0.268 e. The average molecular weight is 595 g/mol. The zero-order valence-electron chi connectivity index (χ0n) is 24.4. The average Bonchev–Trinajstić information content (AvgIpc) is 3.80. The number of carbonyl (C=O) groups excluding carboxylic acids is 1. The van der Waals surface area contributed by atoms with E-state index >= 15 is 0 Å². The van der Waals surface area contributed by atoms with Gasteiger partial charge in [-0.1, -0.05) is 77.9 Å². The van der Waals surface area contributed by atoms with Crippen molar-refractivity contribution in [1.82, 2.24) is 4.31 Å². The summed E-state index contributed by atoms with van der Waals surface area (Å²) in [5, 5.41) is 11.1. The quantitative estimate of drug-likeness (QED) is 0.137. The fraction of sp³-hybridized carbons (Fsp3) is 0.229. The summed E-state index contributed by atoms with van der Waals surface area (Å²) in [7, 11) is -4.15. The number of nitrogens with zero attached hydrogens (tertiary/aromatic N) is 2. The van der Waals surface area contributed by atoms with Crippen molar-refractivity contribution in [3.63, 3.8) is 0 Å². The highest BCUT2D eigenvalue weighted by Gasteiger charge is 2.40. The molecule has 0 heterocycles. The van der Waals surface area contributed by atoms with E-state index in [-0.39, 0.29) is 28.6 Å². The van der Waals surface area contributed by atoms with Crippen molar-refractivity contribution in [1.29, 1.82) is 0 Å². The fourth-order valence-corrected chi connectivity index (χ4v) is 6.87. The van der Waals surface area contributed by atoms with E-state index in [4.69, 9.17) is 0 Å². The topological polar surface area (TPSA) is 97.6 Å². The highest BCUT2D eigenvalue weighted by atomic mass is 32.2. The van der Waals surface area contributed by atoms with Crippen LogP contribution in [-0.2, 0) is 10.0 Å². The molecule has 4 aromatic rings. The van der Waals surface area contributed by atoms with Gasteiger partial charge in [0.15, 0.2) is 0 Å². The number of benzene rings is 4. The summed E-state index contributed by atoms with van der Waals surface area (Å²) >= 11 is 0. The van der Waals surface area contributed by atoms with E-state index in [1.54, 1.807) is 12.1 Å². The SMILES string of the molecule is C/C(=C(/C)C1CC1CCN(C(=O)c1ccc([N+](=O)[O-])cc1)S(=O)(=O)c1ccc(C)cc1)c1ccc(-c2ccccc2)cc1. The molecule has 220 valence electrons. The van der Waals surface area contributed by atoms with Crippen molar-refractivity contribution < 1.29 is 18.1 Å². The largest absolute Gasteiger partial charge is 0.269 e. The Kier molecular flexibility index (Phi) is 8.59. The second-order valence-corrected chi connectivity index (χ2v) is 13.0. The van der Waals surface area contributed by atoms with Gasteiger partial charge in [-0.25, -0.2) is 12.7 Å². The van der Waals surface area contributed by atoms with Crippen LogP contribution >= 0.6 is 0 Å². The molecule has 43 heavy (non-hydrogen) atoms. The van der Waals surface area contributed by atoms with Crippen LogP contribution in [0.1, 0.15) is 48.2 Å². The Balaban J connectivity index is 1.33. The first kappa shape index (κ1) is 29.9. The van der Waals surface area contributed by atoms with E-state index in [1.165, 1.54) is 53.1 Å². The van der Waals surface area contributed by atoms with Crippen LogP contribution < -0.4 is 0 Å². The van der Waals surface area contributed by atoms with E-state index in [0.717, 1.165) is 27.4 Å². The Labute approximate surface area is 252 Å². The van der Waals surface area contributed by atoms with Gasteiger partial charge in [0.05, 0.1) is 9.82 Å². The maximum absolute atomic E-state index is 13.7. The lowest BCUT2D eigenvalue weighted by atomic mass is 9.96. The molecule has 1 aliphatic carbocycles. The molecule has 4 aromatic carbocycles. The van der Waals surface area contributed by atoms with E-state index in [0.29, 0.717) is 12.3 Å². The standard InChI is InChI=1S/C35H34N2O5S/c1-24-9-19-33(20-10-24)43(41,42)36(35(38)30-15-17-32(18-16-30)37(39)40)22-21-31-23-34(31)26(3)25(2)27-11-13-29(14-12-27)28-7-5-4-6-8-28/h4-20,31,34H,21-23H2,1-3H3/b26-25+. The Morgan fingerprint density at radius 3 is 2.02 bits per heavy atom. The van der Waals surface area contributed by atoms with Crippen LogP contribution in [0.3, 0.4) is 0 Å². The molecule has 8 heteroatoms. The van der Waals surface area contributed by atoms with Crippen molar-refractivity contribution in [2.75, 3.05) is 6.54 Å². The minimum atomic E-state index is -4.15. The van der Waals surface area contributed by atoms with Gasteiger partial charge >= 0.3 is 0 Å². The van der Waals surface area contributed by atoms with Crippen LogP contribution in [0.4, 0.5) is 5.69 Å². The van der Waals surface area contributed by atoms with Crippen molar-refractivity contribution in [3.8, 4) is 11.1 Å². The van der Waals surface area contributed by atoms with E-state index in [1.807, 2.05) is 25.1 Å². The van der Waals surface area contributed by atoms with Crippen LogP contribution in [0, 0.1) is 28.9 Å². The summed E-state index contributed by atoms with van der Waals surface area (Å²) in [5.74, 6) is -0.138. The molecule has 2 atom stereocenters. The predicted molar refractivity (Wildman–Crippen MR) is 169 cm³/mol. The lowest BCUT2D eigenvalue weighted by Crippen LogP contribution is -2.38. The van der Waals surface area contributed by atoms with Crippen LogP contribution in [0.15, 0.2) is 114 Å². The third kappa shape index (κ3) is 6.60. The van der Waals surface area contributed by atoms with Gasteiger partial charge < -0.3 is 0 Å². The number of sulfonamides is 1. The van der Waals surface area contributed by atoms with E-state index in [9.17, 15) is 23.3 Å². The lowest BCUT2D eigenvalue weighted by molar-refractivity contribution is -0.384. The number of amides is 1. The number of non-ortho nitro benzene ring substituents is 1. The predicted octanol–water partition coefficient (Wildman–Crippen LogP) is 7.92. The molecule has 2 unspecified atom stereocenters. The number of nitro benzene ring substituents is 1. The highest BCUT2D eigenvalue weighted by molar-refractivity contribution is 7.89. The molecule has 0 radical (unpaired) electrons. The van der Waals surface area contributed by atoms with E-state index < -0.39 is 20.9 Å². The number of nitro groups is 1. The number of allylic oxidation sites excluding steroid dienone is 2. The molecule has 0 aliphatic heterocycles. The van der Waals surface area contributed by atoms with Gasteiger partial charge in [0.1, 0.15) is 0 Å². The summed E-state index contributed by atoms with van der Waals surface area (Å²) in [6.07, 6.45) is 1.45. The first-order valence-electron chi connectivity index (χ1n) is 14.3. The van der Waals surface area contributed by atoms with Crippen molar-refractivity contribution >= 4 is 27.2 Å². The second kappa shape index (κ2) is 12.4. The third-order valence-electron chi connectivity index (χ3n) is 8.36. The molecule has 0 spiro atoms. The molecule has 5 rings (SSSR count). The fourth-order valence-electron chi connectivity index (χ4n) is 5.47. The molecule has 1 saturated carbocycles. The van der Waals surface area contributed by atoms with E-state index in [2.05, 4.69) is 50.2 Å². The third-order valence-corrected chi connectivity index (χ3v) is 10.2. The first-order chi connectivity index (χ1) is 20.6. The molecule has 0 aromatic heterocycles. The van der Waals surface area contributed by atoms with Crippen molar-refractivity contribution in [2.24, 2.45) is 11.8 Å². The maximum atomic E-state index is 13.7. The van der Waals surface area contributed by atoms with Crippen molar-refractivity contribution in [2.45, 2.75) is 38.5 Å². The van der Waals surface area contributed by atoms with Gasteiger partial charge in [0, 0.05) is 24.2 Å². The molecular weight excluding hydrogens is 560 g/mol. The molecule has 1 fully saturated rings. The van der Waals surface area contributed by atoms with Crippen LogP contribution in [0.25, 0.3) is 16.7 Å². The van der Waals surface area contributed by atoms with Crippen LogP contribution in [0.2, 0.25) is 0 Å². The van der Waals surface area contributed by atoms with Crippen LogP contribution in [-0.4, -0.2) is 30.1 Å². The summed E-state index contributed by atoms with van der Waals surface area (Å²) < 4.78 is 28.3. The number of rotatable bonds is 10. The molecular formula is C35H34N2O5S. The lowest BCUT2D eigenvalue weighted by Gasteiger charge is -2.23. The number of hydrogen-bond acceptors (Lipinski definition) is 5. The number of hydrogen-bond donors (Lipinski definition) is 0. The second-order valence-electron chi connectivity index (χ2n) is 11.1. The molecule has 1 aliphatic rings. The maximum Gasteiger partial charge on any atom is 0.269 e. The zero-order chi connectivity index (χ0) is 30.7. The number of aryl methyl sites for hydroxylation is 1. The minimum Gasteiger partial charge on any atom is -0.268 e. The van der Waals surface area contributed by atoms with Crippen LogP contribution in [0.5, 0.6) is 0 Å². The zero-order valence-corrected chi connectivity index (χ0v) is 25.3. The Bertz CT molecular complexity index is 1760. The number of carbonyl (C=O) groups is 1. The Morgan fingerprint density at radius 1 is 0.837 bits per heavy atom. The highest BCUT2D eigenvalue weighted by Crippen LogP contribution is 2.48. The van der Waals surface area contributed by atoms with Gasteiger partial charge in [0.25, 0.3) is 21.6 Å². The van der Waals surface area contributed by atoms with Crippen molar-refractivity contribution in [3.05, 3.63) is 136 Å². The summed E-state index contributed by atoms with van der Waals surface area (Å²) in [4.78, 5) is 24.1. The Morgan fingerprint density at radius 2 is 1.42 bits per heavy atom. The first-order valence-corrected chi connectivity index (χ1v) is 15.7. The summed E-state index contributed by atoms with van der Waals surface area (Å²) in [5.41, 5.74) is 6.78. The molecule has 7 nitrogen and oxygen atoms in total. The summed E-state index contributed by atoms with van der Waals surface area (Å²) in [6, 6.07) is 30.2. The monoisotopic (exact) mass is 594 g/mol. The van der Waals surface area contributed by atoms with Gasteiger partial charge in [-0.3, -0.25) is 14.9 Å². The van der Waals surface area contributed by atoms with Gasteiger partial charge in [-0.05, 0) is 92.0 Å². The van der Waals surface area contributed by atoms with Gasteiger partial charge in [-0.2, -0.15) is 0 Å². The van der Waals surface area contributed by atoms with Gasteiger partial charge in [-0.15, -0.1) is 0 Å². The van der Waals surface area contributed by atoms with Gasteiger partial charge in [0.2, 0.25) is 0 Å². The molecule has 0 saturated heterocycles. The molecule has 0 N–H and O–H groups in total. The summed E-state index contributed by atoms with van der Waals surface area (Å²) in [6.45, 7) is 6.13.